The van der Waals surface area contributed by atoms with E-state index in [1.54, 1.807) is 13.8 Å². The van der Waals surface area contributed by atoms with Crippen LogP contribution < -0.4 is 10.6 Å². The Hall–Kier alpha value is -3.35. The van der Waals surface area contributed by atoms with Crippen molar-refractivity contribution in [1.29, 1.82) is 0 Å². The lowest BCUT2D eigenvalue weighted by molar-refractivity contribution is -0.146. The van der Waals surface area contributed by atoms with E-state index in [1.807, 2.05) is 24.3 Å². The molecule has 1 saturated carbocycles. The van der Waals surface area contributed by atoms with Gasteiger partial charge >= 0.3 is 12.1 Å². The van der Waals surface area contributed by atoms with Crippen LogP contribution in [0.1, 0.15) is 50.2 Å². The zero-order chi connectivity index (χ0) is 23.6. The SMILES string of the molecule is CC(C)(CNC(=O)C(CC1CC1)NC(=O)OCC1c2ccccc2-c2ccccc21)C(=O)O. The number of carbonyl (C=O) groups excluding carboxylic acids is 2. The average Bonchev–Trinajstić information content (AvgIpc) is 3.56. The van der Waals surface area contributed by atoms with Crippen molar-refractivity contribution in [3.05, 3.63) is 59.7 Å². The first-order valence-electron chi connectivity index (χ1n) is 11.4. The first kappa shape index (κ1) is 22.8. The van der Waals surface area contributed by atoms with Gasteiger partial charge in [-0.05, 0) is 48.4 Å². The monoisotopic (exact) mass is 450 g/mol. The van der Waals surface area contributed by atoms with Crippen LogP contribution in [0.15, 0.2) is 48.5 Å². The molecule has 33 heavy (non-hydrogen) atoms. The number of amides is 2. The van der Waals surface area contributed by atoms with Crippen molar-refractivity contribution in [3.8, 4) is 11.1 Å². The lowest BCUT2D eigenvalue weighted by atomic mass is 9.93. The number of nitrogens with one attached hydrogen (secondary N) is 2. The van der Waals surface area contributed by atoms with Gasteiger partial charge in [0.25, 0.3) is 0 Å². The third-order valence-electron chi connectivity index (χ3n) is 6.50. The molecule has 0 aliphatic heterocycles. The van der Waals surface area contributed by atoms with Crippen LogP contribution in [0.25, 0.3) is 11.1 Å². The van der Waals surface area contributed by atoms with E-state index in [1.165, 1.54) is 0 Å². The fourth-order valence-electron chi connectivity index (χ4n) is 4.21. The Morgan fingerprint density at radius 2 is 1.61 bits per heavy atom. The summed E-state index contributed by atoms with van der Waals surface area (Å²) < 4.78 is 5.58. The highest BCUT2D eigenvalue weighted by Gasteiger charge is 2.34. The van der Waals surface area contributed by atoms with Gasteiger partial charge in [0.15, 0.2) is 0 Å². The Morgan fingerprint density at radius 3 is 2.15 bits per heavy atom. The van der Waals surface area contributed by atoms with Gasteiger partial charge in [-0.1, -0.05) is 61.4 Å². The van der Waals surface area contributed by atoms with E-state index >= 15 is 0 Å². The molecule has 1 atom stereocenters. The van der Waals surface area contributed by atoms with Crippen molar-refractivity contribution in [1.82, 2.24) is 10.6 Å². The first-order valence-corrected chi connectivity index (χ1v) is 11.4. The van der Waals surface area contributed by atoms with Crippen LogP contribution in [0.3, 0.4) is 0 Å². The molecular formula is C26H30N2O5. The maximum Gasteiger partial charge on any atom is 0.407 e. The number of fused-ring (bicyclic) bond motifs is 3. The Kier molecular flexibility index (Phi) is 6.40. The highest BCUT2D eigenvalue weighted by atomic mass is 16.5. The minimum Gasteiger partial charge on any atom is -0.481 e. The lowest BCUT2D eigenvalue weighted by Crippen LogP contribution is -2.50. The van der Waals surface area contributed by atoms with Gasteiger partial charge in [-0.25, -0.2) is 4.79 Å². The largest absolute Gasteiger partial charge is 0.481 e. The Bertz CT molecular complexity index is 1010. The Balaban J connectivity index is 1.38. The van der Waals surface area contributed by atoms with E-state index < -0.39 is 23.5 Å². The summed E-state index contributed by atoms with van der Waals surface area (Å²) in [5.74, 6) is -1.05. The summed E-state index contributed by atoms with van der Waals surface area (Å²) in [5, 5.41) is 14.6. The number of aliphatic carboxylic acids is 1. The fourth-order valence-corrected chi connectivity index (χ4v) is 4.21. The number of hydrogen-bond donors (Lipinski definition) is 3. The predicted molar refractivity (Wildman–Crippen MR) is 124 cm³/mol. The molecule has 0 radical (unpaired) electrons. The normalized spacial score (nSPS) is 15.8. The Labute approximate surface area is 193 Å². The zero-order valence-corrected chi connectivity index (χ0v) is 19.0. The second-order valence-electron chi connectivity index (χ2n) is 9.61. The van der Waals surface area contributed by atoms with Gasteiger partial charge in [-0.3, -0.25) is 9.59 Å². The molecule has 2 aromatic carbocycles. The summed E-state index contributed by atoms with van der Waals surface area (Å²) in [7, 11) is 0. The van der Waals surface area contributed by atoms with E-state index in [9.17, 15) is 19.5 Å². The van der Waals surface area contributed by atoms with E-state index in [0.29, 0.717) is 12.3 Å². The average molecular weight is 451 g/mol. The summed E-state index contributed by atoms with van der Waals surface area (Å²) in [6, 6.07) is 15.4. The van der Waals surface area contributed by atoms with Crippen molar-refractivity contribution in [2.45, 2.75) is 45.1 Å². The van der Waals surface area contributed by atoms with E-state index in [-0.39, 0.29) is 25.0 Å². The van der Waals surface area contributed by atoms with Crippen LogP contribution >= 0.6 is 0 Å². The molecule has 2 aliphatic rings. The summed E-state index contributed by atoms with van der Waals surface area (Å²) in [6.45, 7) is 3.24. The molecule has 3 N–H and O–H groups in total. The molecule has 2 aromatic rings. The maximum atomic E-state index is 12.7. The molecule has 2 amide bonds. The summed E-state index contributed by atoms with van der Waals surface area (Å²) in [5.41, 5.74) is 3.44. The van der Waals surface area contributed by atoms with Crippen LogP contribution in [0.5, 0.6) is 0 Å². The standard InChI is InChI=1S/C26H30N2O5/c1-26(2,24(30)31)15-27-23(29)22(13-16-11-12-16)28-25(32)33-14-21-19-9-5-3-7-17(19)18-8-4-6-10-20(18)21/h3-10,16,21-22H,11-15H2,1-2H3,(H,27,29)(H,28,32)(H,30,31). The molecular weight excluding hydrogens is 420 g/mol. The topological polar surface area (TPSA) is 105 Å². The molecule has 0 saturated heterocycles. The third kappa shape index (κ3) is 5.18. The molecule has 1 unspecified atom stereocenters. The van der Waals surface area contributed by atoms with Gasteiger partial charge in [-0.15, -0.1) is 0 Å². The Morgan fingerprint density at radius 1 is 1.03 bits per heavy atom. The number of carbonyl (C=O) groups is 3. The quantitative estimate of drug-likeness (QED) is 0.537. The minimum atomic E-state index is -1.09. The summed E-state index contributed by atoms with van der Waals surface area (Å²) >= 11 is 0. The molecule has 0 spiro atoms. The number of carboxylic acid groups (broad SMARTS) is 1. The zero-order valence-electron chi connectivity index (χ0n) is 19.0. The number of hydrogen-bond acceptors (Lipinski definition) is 4. The molecule has 4 rings (SSSR count). The maximum absolute atomic E-state index is 12.7. The smallest absolute Gasteiger partial charge is 0.407 e. The minimum absolute atomic E-state index is 0.0191. The molecule has 1 fully saturated rings. The van der Waals surface area contributed by atoms with Crippen LogP contribution in [0.4, 0.5) is 4.79 Å². The van der Waals surface area contributed by atoms with Crippen molar-refractivity contribution in [2.75, 3.05) is 13.2 Å². The van der Waals surface area contributed by atoms with Crippen molar-refractivity contribution in [3.63, 3.8) is 0 Å². The van der Waals surface area contributed by atoms with Gasteiger partial charge in [-0.2, -0.15) is 0 Å². The number of ether oxygens (including phenoxy) is 1. The first-order chi connectivity index (χ1) is 15.8. The van der Waals surface area contributed by atoms with Gasteiger partial charge < -0.3 is 20.5 Å². The molecule has 0 heterocycles. The second-order valence-corrected chi connectivity index (χ2v) is 9.61. The van der Waals surface area contributed by atoms with E-state index in [2.05, 4.69) is 34.9 Å². The summed E-state index contributed by atoms with van der Waals surface area (Å²) in [6.07, 6.45) is 1.92. The van der Waals surface area contributed by atoms with Crippen molar-refractivity contribution >= 4 is 18.0 Å². The lowest BCUT2D eigenvalue weighted by Gasteiger charge is -2.23. The molecule has 174 valence electrons. The van der Waals surface area contributed by atoms with Gasteiger partial charge in [0.05, 0.1) is 5.41 Å². The highest BCUT2D eigenvalue weighted by Crippen LogP contribution is 2.44. The molecule has 2 aliphatic carbocycles. The second kappa shape index (κ2) is 9.25. The van der Waals surface area contributed by atoms with Crippen molar-refractivity contribution < 1.29 is 24.2 Å². The fraction of sp³-hybridized carbons (Fsp3) is 0.423. The van der Waals surface area contributed by atoms with E-state index in [0.717, 1.165) is 35.1 Å². The number of alkyl carbamates (subject to hydrolysis) is 1. The van der Waals surface area contributed by atoms with Crippen LogP contribution in [0, 0.1) is 11.3 Å². The number of carboxylic acids is 1. The van der Waals surface area contributed by atoms with Crippen LogP contribution in [0.2, 0.25) is 0 Å². The number of benzene rings is 2. The van der Waals surface area contributed by atoms with Gasteiger partial charge in [0.2, 0.25) is 5.91 Å². The molecule has 7 heteroatoms. The van der Waals surface area contributed by atoms with Crippen LogP contribution in [-0.2, 0) is 14.3 Å². The molecule has 7 nitrogen and oxygen atoms in total. The summed E-state index contributed by atoms with van der Waals surface area (Å²) in [4.78, 5) is 36.7. The van der Waals surface area contributed by atoms with Gasteiger partial charge in [0, 0.05) is 12.5 Å². The molecule has 0 aromatic heterocycles. The van der Waals surface area contributed by atoms with Crippen molar-refractivity contribution in [2.24, 2.45) is 11.3 Å². The highest BCUT2D eigenvalue weighted by molar-refractivity contribution is 5.86. The predicted octanol–water partition coefficient (Wildman–Crippen LogP) is 3.92. The van der Waals surface area contributed by atoms with E-state index in [4.69, 9.17) is 4.74 Å². The third-order valence-corrected chi connectivity index (χ3v) is 6.50. The number of rotatable bonds is 9. The van der Waals surface area contributed by atoms with Gasteiger partial charge in [0.1, 0.15) is 12.6 Å². The molecule has 0 bridgehead atoms. The van der Waals surface area contributed by atoms with Crippen LogP contribution in [-0.4, -0.2) is 42.3 Å².